The minimum Gasteiger partial charge on any atom is -0.337 e. The van der Waals surface area contributed by atoms with Crippen LogP contribution >= 0.6 is 0 Å². The van der Waals surface area contributed by atoms with Crippen molar-refractivity contribution >= 4 is 21.6 Å². The standard InChI is InChI=1S/C25H26FN3O3S/c26-22-9-11-23(12-10-22)27-33(31,32)24-13-7-21(8-14-24)25(30)29-16-4-15-28(17-18-29)19-20-5-2-1-3-6-20/h1-3,5-14,27H,4,15-19H2. The number of amides is 1. The molecule has 1 N–H and O–H groups in total. The van der Waals surface area contributed by atoms with Gasteiger partial charge in [0.25, 0.3) is 15.9 Å². The lowest BCUT2D eigenvalue weighted by Gasteiger charge is -2.22. The monoisotopic (exact) mass is 467 g/mol. The largest absolute Gasteiger partial charge is 0.337 e. The molecule has 172 valence electrons. The third-order valence-electron chi connectivity index (χ3n) is 5.63. The first-order valence-electron chi connectivity index (χ1n) is 10.8. The summed E-state index contributed by atoms with van der Waals surface area (Å²) in [4.78, 5) is 17.2. The Morgan fingerprint density at radius 3 is 2.24 bits per heavy atom. The van der Waals surface area contributed by atoms with Crippen LogP contribution in [0.2, 0.25) is 0 Å². The van der Waals surface area contributed by atoms with Crippen LogP contribution in [0.4, 0.5) is 10.1 Å². The molecule has 8 heteroatoms. The highest BCUT2D eigenvalue weighted by Gasteiger charge is 2.21. The molecular formula is C25H26FN3O3S. The van der Waals surface area contributed by atoms with E-state index >= 15 is 0 Å². The molecule has 1 aliphatic heterocycles. The second-order valence-electron chi connectivity index (χ2n) is 8.04. The number of benzene rings is 3. The number of anilines is 1. The first-order chi connectivity index (χ1) is 15.9. The van der Waals surface area contributed by atoms with Gasteiger partial charge >= 0.3 is 0 Å². The minimum atomic E-state index is -3.84. The Hall–Kier alpha value is -3.23. The molecule has 1 heterocycles. The van der Waals surface area contributed by atoms with Gasteiger partial charge in [0.05, 0.1) is 4.90 Å². The lowest BCUT2D eigenvalue weighted by atomic mass is 10.2. The number of nitrogens with zero attached hydrogens (tertiary/aromatic N) is 2. The molecule has 0 saturated carbocycles. The van der Waals surface area contributed by atoms with E-state index in [-0.39, 0.29) is 16.5 Å². The zero-order valence-electron chi connectivity index (χ0n) is 18.2. The van der Waals surface area contributed by atoms with Gasteiger partial charge in [-0.15, -0.1) is 0 Å². The number of sulfonamides is 1. The molecule has 0 atom stereocenters. The van der Waals surface area contributed by atoms with Gasteiger partial charge < -0.3 is 4.90 Å². The number of carbonyl (C=O) groups is 1. The number of hydrogen-bond acceptors (Lipinski definition) is 4. The average molecular weight is 468 g/mol. The van der Waals surface area contributed by atoms with E-state index in [0.717, 1.165) is 26.1 Å². The molecule has 6 nitrogen and oxygen atoms in total. The Morgan fingerprint density at radius 1 is 0.848 bits per heavy atom. The number of hydrogen-bond donors (Lipinski definition) is 1. The maximum absolute atomic E-state index is 13.0. The summed E-state index contributed by atoms with van der Waals surface area (Å²) < 4.78 is 40.6. The molecule has 1 saturated heterocycles. The van der Waals surface area contributed by atoms with Crippen molar-refractivity contribution in [2.24, 2.45) is 0 Å². The maximum Gasteiger partial charge on any atom is 0.261 e. The van der Waals surface area contributed by atoms with Gasteiger partial charge in [0, 0.05) is 44.0 Å². The minimum absolute atomic E-state index is 0.0354. The highest BCUT2D eigenvalue weighted by molar-refractivity contribution is 7.92. The number of halogens is 1. The van der Waals surface area contributed by atoms with Crippen molar-refractivity contribution in [3.05, 3.63) is 95.8 Å². The topological polar surface area (TPSA) is 69.7 Å². The Morgan fingerprint density at radius 2 is 1.55 bits per heavy atom. The lowest BCUT2D eigenvalue weighted by molar-refractivity contribution is 0.0761. The molecule has 0 bridgehead atoms. The fourth-order valence-corrected chi connectivity index (χ4v) is 4.92. The van der Waals surface area contributed by atoms with E-state index in [4.69, 9.17) is 0 Å². The number of carbonyl (C=O) groups excluding carboxylic acids is 1. The van der Waals surface area contributed by atoms with E-state index in [2.05, 4.69) is 21.8 Å². The van der Waals surface area contributed by atoms with Gasteiger partial charge in [-0.25, -0.2) is 12.8 Å². The predicted molar refractivity (Wildman–Crippen MR) is 126 cm³/mol. The van der Waals surface area contributed by atoms with Gasteiger partial charge in [-0.1, -0.05) is 30.3 Å². The molecule has 0 radical (unpaired) electrons. The Labute approximate surface area is 193 Å². The molecule has 33 heavy (non-hydrogen) atoms. The summed E-state index contributed by atoms with van der Waals surface area (Å²) >= 11 is 0. The van der Waals surface area contributed by atoms with Crippen LogP contribution in [0.25, 0.3) is 0 Å². The van der Waals surface area contributed by atoms with E-state index in [1.54, 1.807) is 0 Å². The molecule has 4 rings (SSSR count). The predicted octanol–water partition coefficient (Wildman–Crippen LogP) is 3.97. The van der Waals surface area contributed by atoms with Crippen LogP contribution in [-0.4, -0.2) is 50.3 Å². The van der Waals surface area contributed by atoms with Crippen LogP contribution in [0.5, 0.6) is 0 Å². The highest BCUT2D eigenvalue weighted by Crippen LogP contribution is 2.18. The molecular weight excluding hydrogens is 441 g/mol. The lowest BCUT2D eigenvalue weighted by Crippen LogP contribution is -2.35. The second-order valence-corrected chi connectivity index (χ2v) is 9.73. The fourth-order valence-electron chi connectivity index (χ4n) is 3.86. The summed E-state index contributed by atoms with van der Waals surface area (Å²) in [5.74, 6) is -0.551. The Balaban J connectivity index is 1.38. The van der Waals surface area contributed by atoms with Gasteiger partial charge in [-0.2, -0.15) is 0 Å². The Kier molecular flexibility index (Phi) is 7.05. The van der Waals surface area contributed by atoms with Crippen molar-refractivity contribution in [1.29, 1.82) is 0 Å². The highest BCUT2D eigenvalue weighted by atomic mass is 32.2. The fraction of sp³-hybridized carbons (Fsp3) is 0.240. The van der Waals surface area contributed by atoms with Crippen LogP contribution in [0.1, 0.15) is 22.3 Å². The van der Waals surface area contributed by atoms with Crippen molar-refractivity contribution < 1.29 is 17.6 Å². The van der Waals surface area contributed by atoms with E-state index in [1.165, 1.54) is 54.1 Å². The number of nitrogens with one attached hydrogen (secondary N) is 1. The van der Waals surface area contributed by atoms with E-state index in [1.807, 2.05) is 23.1 Å². The SMILES string of the molecule is O=C(c1ccc(S(=O)(=O)Nc2ccc(F)cc2)cc1)N1CCCN(Cc2ccccc2)CC1. The summed E-state index contributed by atoms with van der Waals surface area (Å²) in [7, 11) is -3.84. The second kappa shape index (κ2) is 10.1. The van der Waals surface area contributed by atoms with Crippen LogP contribution in [0.15, 0.2) is 83.8 Å². The van der Waals surface area contributed by atoms with Crippen LogP contribution in [0, 0.1) is 5.82 Å². The van der Waals surface area contributed by atoms with Gasteiger partial charge in [-0.3, -0.25) is 14.4 Å². The molecule has 1 amide bonds. The maximum atomic E-state index is 13.0. The zero-order valence-corrected chi connectivity index (χ0v) is 19.0. The summed E-state index contributed by atoms with van der Waals surface area (Å²) in [6.45, 7) is 3.85. The van der Waals surface area contributed by atoms with E-state index < -0.39 is 15.8 Å². The van der Waals surface area contributed by atoms with Crippen LogP contribution in [0.3, 0.4) is 0 Å². The molecule has 3 aromatic carbocycles. The van der Waals surface area contributed by atoms with Gasteiger partial charge in [0.1, 0.15) is 5.82 Å². The van der Waals surface area contributed by atoms with Crippen LogP contribution < -0.4 is 4.72 Å². The molecule has 0 spiro atoms. The first-order valence-corrected chi connectivity index (χ1v) is 12.3. The quantitative estimate of drug-likeness (QED) is 0.596. The third kappa shape index (κ3) is 5.97. The summed E-state index contributed by atoms with van der Waals surface area (Å²) in [5.41, 5.74) is 1.97. The van der Waals surface area contributed by atoms with Crippen molar-refractivity contribution in [1.82, 2.24) is 9.80 Å². The molecule has 0 unspecified atom stereocenters. The van der Waals surface area contributed by atoms with E-state index in [9.17, 15) is 17.6 Å². The third-order valence-corrected chi connectivity index (χ3v) is 7.03. The van der Waals surface area contributed by atoms with Gasteiger partial charge in [0.15, 0.2) is 0 Å². The smallest absolute Gasteiger partial charge is 0.261 e. The van der Waals surface area contributed by atoms with Crippen molar-refractivity contribution in [2.75, 3.05) is 30.9 Å². The molecule has 3 aromatic rings. The Bertz CT molecular complexity index is 1180. The number of rotatable bonds is 6. The molecule has 0 aliphatic carbocycles. The van der Waals surface area contributed by atoms with Crippen LogP contribution in [-0.2, 0) is 16.6 Å². The van der Waals surface area contributed by atoms with E-state index in [0.29, 0.717) is 18.7 Å². The first kappa shape index (κ1) is 22.9. The summed E-state index contributed by atoms with van der Waals surface area (Å²) in [6, 6.07) is 21.2. The molecule has 1 fully saturated rings. The van der Waals surface area contributed by atoms with Gasteiger partial charge in [-0.05, 0) is 60.5 Å². The zero-order chi connectivity index (χ0) is 23.3. The average Bonchev–Trinajstić information content (AvgIpc) is 3.06. The summed E-state index contributed by atoms with van der Waals surface area (Å²) in [6.07, 6.45) is 0.882. The van der Waals surface area contributed by atoms with Gasteiger partial charge in [0.2, 0.25) is 0 Å². The normalized spacial score (nSPS) is 15.1. The van der Waals surface area contributed by atoms with Crippen molar-refractivity contribution in [2.45, 2.75) is 17.9 Å². The summed E-state index contributed by atoms with van der Waals surface area (Å²) in [5, 5.41) is 0. The van der Waals surface area contributed by atoms with Crippen molar-refractivity contribution in [3.63, 3.8) is 0 Å². The van der Waals surface area contributed by atoms with Crippen molar-refractivity contribution in [3.8, 4) is 0 Å². The molecule has 1 aliphatic rings. The molecule has 0 aromatic heterocycles.